The molecule has 0 spiro atoms. The van der Waals surface area contributed by atoms with Crippen molar-refractivity contribution in [1.82, 2.24) is 9.97 Å². The average Bonchev–Trinajstić information content (AvgIpc) is 3.12. The minimum absolute atomic E-state index is 0.0692. The lowest BCUT2D eigenvalue weighted by Crippen LogP contribution is -2.31. The predicted octanol–water partition coefficient (Wildman–Crippen LogP) is 3.61. The largest absolute Gasteiger partial charge is 0.370 e. The number of halogens is 1. The molecule has 0 aliphatic heterocycles. The molecule has 1 aromatic heterocycles. The van der Waals surface area contributed by atoms with Crippen LogP contribution in [0.15, 0.2) is 9.27 Å². The molecule has 0 radical (unpaired) electrons. The number of H-pyrrole nitrogens is 1. The molecular weight excluding hydrogens is 320 g/mol. The highest BCUT2D eigenvalue weighted by Crippen LogP contribution is 2.41. The summed E-state index contributed by atoms with van der Waals surface area (Å²) < 4.78 is 6.36. The molecule has 5 heteroatoms. The highest BCUT2D eigenvalue weighted by Gasteiger charge is 2.39. The van der Waals surface area contributed by atoms with Gasteiger partial charge in [0, 0.05) is 13.0 Å². The predicted molar refractivity (Wildman–Crippen MR) is 80.9 cm³/mol. The van der Waals surface area contributed by atoms with E-state index in [9.17, 15) is 4.79 Å². The summed E-state index contributed by atoms with van der Waals surface area (Å²) in [5.41, 5.74) is 0.484. The van der Waals surface area contributed by atoms with Gasteiger partial charge >= 0.3 is 0 Å². The van der Waals surface area contributed by atoms with Gasteiger partial charge in [0.2, 0.25) is 0 Å². The number of aromatic nitrogens is 2. The van der Waals surface area contributed by atoms with Crippen LogP contribution in [0.25, 0.3) is 0 Å². The van der Waals surface area contributed by atoms with Crippen LogP contribution in [-0.2, 0) is 10.3 Å². The maximum Gasteiger partial charge on any atom is 0.265 e. The third-order valence-corrected chi connectivity index (χ3v) is 5.63. The average molecular weight is 341 g/mol. The molecule has 20 heavy (non-hydrogen) atoms. The second-order valence-corrected chi connectivity index (χ2v) is 6.79. The van der Waals surface area contributed by atoms with Crippen LogP contribution in [-0.4, -0.2) is 17.1 Å². The van der Waals surface area contributed by atoms with Crippen LogP contribution < -0.4 is 5.56 Å². The molecule has 2 aliphatic carbocycles. The van der Waals surface area contributed by atoms with Crippen molar-refractivity contribution in [2.75, 3.05) is 7.11 Å². The van der Waals surface area contributed by atoms with Crippen LogP contribution in [0.4, 0.5) is 0 Å². The molecular formula is C15H21BrN2O2. The maximum absolute atomic E-state index is 12.2. The molecule has 0 unspecified atom stereocenters. The normalized spacial score (nSPS) is 22.5. The van der Waals surface area contributed by atoms with Gasteiger partial charge in [-0.1, -0.05) is 12.8 Å². The van der Waals surface area contributed by atoms with E-state index in [0.717, 1.165) is 50.0 Å². The molecule has 4 nitrogen and oxygen atoms in total. The zero-order valence-electron chi connectivity index (χ0n) is 11.9. The van der Waals surface area contributed by atoms with Crippen LogP contribution in [0, 0.1) is 0 Å². The molecule has 3 rings (SSSR count). The molecule has 2 saturated carbocycles. The van der Waals surface area contributed by atoms with E-state index >= 15 is 0 Å². The molecule has 0 bridgehead atoms. The Hall–Kier alpha value is -0.680. The van der Waals surface area contributed by atoms with Crippen LogP contribution in [0.2, 0.25) is 0 Å². The van der Waals surface area contributed by atoms with Crippen LogP contribution in [0.1, 0.15) is 68.8 Å². The number of methoxy groups -OCH3 is 1. The molecule has 110 valence electrons. The van der Waals surface area contributed by atoms with Crippen molar-refractivity contribution in [3.63, 3.8) is 0 Å². The van der Waals surface area contributed by atoms with Gasteiger partial charge < -0.3 is 9.72 Å². The second-order valence-electron chi connectivity index (χ2n) is 6.00. The topological polar surface area (TPSA) is 55.0 Å². The fraction of sp³-hybridized carbons (Fsp3) is 0.733. The molecule has 1 aromatic rings. The Morgan fingerprint density at radius 3 is 2.50 bits per heavy atom. The van der Waals surface area contributed by atoms with Gasteiger partial charge in [0.15, 0.2) is 0 Å². The maximum atomic E-state index is 12.2. The van der Waals surface area contributed by atoms with Crippen LogP contribution >= 0.6 is 15.9 Å². The number of nitrogens with one attached hydrogen (secondary N) is 1. The van der Waals surface area contributed by atoms with E-state index in [-0.39, 0.29) is 11.2 Å². The first kappa shape index (κ1) is 14.3. The van der Waals surface area contributed by atoms with E-state index in [0.29, 0.717) is 10.4 Å². The highest BCUT2D eigenvalue weighted by atomic mass is 79.9. The third-order valence-electron chi connectivity index (χ3n) is 4.86. The Balaban J connectivity index is 2.06. The molecule has 1 heterocycles. The first-order valence-electron chi connectivity index (χ1n) is 7.51. The van der Waals surface area contributed by atoms with Gasteiger partial charge in [-0.15, -0.1) is 0 Å². The van der Waals surface area contributed by atoms with E-state index in [4.69, 9.17) is 9.72 Å². The van der Waals surface area contributed by atoms with Gasteiger partial charge in [-0.25, -0.2) is 4.98 Å². The molecule has 0 amide bonds. The fourth-order valence-electron chi connectivity index (χ4n) is 3.65. The van der Waals surface area contributed by atoms with Gasteiger partial charge in [0.1, 0.15) is 15.9 Å². The number of hydrogen-bond acceptors (Lipinski definition) is 3. The summed E-state index contributed by atoms with van der Waals surface area (Å²) in [6.45, 7) is 0. The lowest BCUT2D eigenvalue weighted by atomic mass is 9.99. The van der Waals surface area contributed by atoms with Crippen molar-refractivity contribution < 1.29 is 4.74 Å². The van der Waals surface area contributed by atoms with E-state index in [1.54, 1.807) is 7.11 Å². The van der Waals surface area contributed by atoms with E-state index in [2.05, 4.69) is 20.9 Å². The quantitative estimate of drug-likeness (QED) is 0.914. The molecule has 2 fully saturated rings. The summed E-state index contributed by atoms with van der Waals surface area (Å²) in [4.78, 5) is 20.0. The summed E-state index contributed by atoms with van der Waals surface area (Å²) in [7, 11) is 1.72. The molecule has 1 N–H and O–H groups in total. The van der Waals surface area contributed by atoms with Gasteiger partial charge in [0.05, 0.1) is 5.69 Å². The second kappa shape index (κ2) is 5.60. The molecule has 2 aliphatic rings. The van der Waals surface area contributed by atoms with E-state index in [1.807, 2.05) is 0 Å². The fourth-order valence-corrected chi connectivity index (χ4v) is 4.16. The number of hydrogen-bond donors (Lipinski definition) is 1. The Kier molecular flexibility index (Phi) is 4.00. The highest BCUT2D eigenvalue weighted by molar-refractivity contribution is 9.10. The summed E-state index contributed by atoms with van der Waals surface area (Å²) in [5.74, 6) is 1.15. The third kappa shape index (κ3) is 2.35. The standard InChI is InChI=1S/C15H21BrN2O2/c1-20-15(8-4-5-9-15)14-17-12(10-6-2-3-7-10)11(16)13(19)18-14/h10H,2-9H2,1H3,(H,17,18,19). The summed E-state index contributed by atoms with van der Waals surface area (Å²) in [5, 5.41) is 0. The minimum Gasteiger partial charge on any atom is -0.370 e. The van der Waals surface area contributed by atoms with Crippen LogP contribution in [0.3, 0.4) is 0 Å². The molecule has 0 aromatic carbocycles. The lowest BCUT2D eigenvalue weighted by Gasteiger charge is -2.27. The van der Waals surface area contributed by atoms with Crippen molar-refractivity contribution in [2.24, 2.45) is 0 Å². The first-order chi connectivity index (χ1) is 9.66. The van der Waals surface area contributed by atoms with Gasteiger partial charge in [-0.05, 0) is 54.5 Å². The first-order valence-corrected chi connectivity index (χ1v) is 8.31. The van der Waals surface area contributed by atoms with Crippen molar-refractivity contribution in [2.45, 2.75) is 62.9 Å². The van der Waals surface area contributed by atoms with Crippen molar-refractivity contribution >= 4 is 15.9 Å². The Morgan fingerprint density at radius 2 is 1.90 bits per heavy atom. The zero-order chi connectivity index (χ0) is 14.2. The number of ether oxygens (including phenoxy) is 1. The summed E-state index contributed by atoms with van der Waals surface area (Å²) >= 11 is 3.43. The number of nitrogens with zero attached hydrogens (tertiary/aromatic N) is 1. The zero-order valence-corrected chi connectivity index (χ0v) is 13.5. The SMILES string of the molecule is COC1(c2nc(C3CCCC3)c(Br)c(=O)[nH]2)CCCC1. The number of rotatable bonds is 3. The van der Waals surface area contributed by atoms with E-state index in [1.165, 1.54) is 12.8 Å². The Morgan fingerprint density at radius 1 is 1.25 bits per heavy atom. The molecule has 0 atom stereocenters. The van der Waals surface area contributed by atoms with Gasteiger partial charge in [-0.3, -0.25) is 4.79 Å². The smallest absolute Gasteiger partial charge is 0.265 e. The monoisotopic (exact) mass is 340 g/mol. The van der Waals surface area contributed by atoms with Crippen LogP contribution in [0.5, 0.6) is 0 Å². The molecule has 0 saturated heterocycles. The van der Waals surface area contributed by atoms with Gasteiger partial charge in [0.25, 0.3) is 5.56 Å². The summed E-state index contributed by atoms with van der Waals surface area (Å²) in [6.07, 6.45) is 8.88. The van der Waals surface area contributed by atoms with Crippen molar-refractivity contribution in [1.29, 1.82) is 0 Å². The van der Waals surface area contributed by atoms with Crippen molar-refractivity contribution in [3.8, 4) is 0 Å². The van der Waals surface area contributed by atoms with Crippen molar-refractivity contribution in [3.05, 3.63) is 26.3 Å². The summed E-state index contributed by atoms with van der Waals surface area (Å²) in [6, 6.07) is 0. The number of aromatic amines is 1. The Bertz CT molecular complexity index is 543. The van der Waals surface area contributed by atoms with Gasteiger partial charge in [-0.2, -0.15) is 0 Å². The lowest BCUT2D eigenvalue weighted by molar-refractivity contribution is -0.0167. The van der Waals surface area contributed by atoms with E-state index < -0.39 is 0 Å². The minimum atomic E-state index is -0.382. The Labute approximate surface area is 127 Å².